The molecule has 1 amide bonds. The van der Waals surface area contributed by atoms with Gasteiger partial charge in [0.1, 0.15) is 0 Å². The highest BCUT2D eigenvalue weighted by atomic mass is 16.7. The normalized spacial score (nSPS) is 21.7. The Morgan fingerprint density at radius 3 is 3.00 bits per heavy atom. The first-order valence-electron chi connectivity index (χ1n) is 5.97. The van der Waals surface area contributed by atoms with E-state index in [9.17, 15) is 4.79 Å². The lowest BCUT2D eigenvalue weighted by Gasteiger charge is -2.23. The summed E-state index contributed by atoms with van der Waals surface area (Å²) in [5, 5.41) is 9.20. The Bertz CT molecular complexity index is 458. The number of hydrogen-bond donors (Lipinski definition) is 3. The Labute approximate surface area is 105 Å². The van der Waals surface area contributed by atoms with Crippen LogP contribution in [0.4, 0.5) is 5.69 Å². The molecule has 1 saturated heterocycles. The Morgan fingerprint density at radius 2 is 2.17 bits per heavy atom. The molecule has 3 N–H and O–H groups in total. The van der Waals surface area contributed by atoms with Gasteiger partial charge in [0, 0.05) is 31.4 Å². The van der Waals surface area contributed by atoms with E-state index in [4.69, 9.17) is 9.47 Å². The number of benzene rings is 1. The molecular formula is C12H15N3O3. The molecule has 96 valence electrons. The molecule has 1 aromatic rings. The third kappa shape index (κ3) is 2.25. The molecule has 0 aliphatic carbocycles. The van der Waals surface area contributed by atoms with Crippen molar-refractivity contribution in [2.75, 3.05) is 31.7 Å². The standard InChI is InChI=1S/C12H15N3O3/c16-12(9-6-13-3-4-14-9)15-8-1-2-10-11(5-8)18-7-17-10/h1-2,5,9,13-14H,3-4,6-7H2,(H,15,16). The fourth-order valence-electron chi connectivity index (χ4n) is 2.04. The molecule has 0 aromatic heterocycles. The van der Waals surface area contributed by atoms with Gasteiger partial charge < -0.3 is 25.4 Å². The quantitative estimate of drug-likeness (QED) is 0.683. The summed E-state index contributed by atoms with van der Waals surface area (Å²) in [6, 6.07) is 5.19. The highest BCUT2D eigenvalue weighted by Gasteiger charge is 2.21. The van der Waals surface area contributed by atoms with Crippen LogP contribution in [-0.4, -0.2) is 38.4 Å². The lowest BCUT2D eigenvalue weighted by molar-refractivity contribution is -0.118. The second kappa shape index (κ2) is 4.83. The van der Waals surface area contributed by atoms with Crippen molar-refractivity contribution in [1.82, 2.24) is 10.6 Å². The van der Waals surface area contributed by atoms with E-state index in [2.05, 4.69) is 16.0 Å². The molecule has 2 heterocycles. The van der Waals surface area contributed by atoms with Crippen LogP contribution in [0.3, 0.4) is 0 Å². The summed E-state index contributed by atoms with van der Waals surface area (Å²) in [6.45, 7) is 2.59. The van der Waals surface area contributed by atoms with Crippen LogP contribution in [0.15, 0.2) is 18.2 Å². The molecular weight excluding hydrogens is 234 g/mol. The predicted molar refractivity (Wildman–Crippen MR) is 65.9 cm³/mol. The molecule has 1 fully saturated rings. The van der Waals surface area contributed by atoms with Gasteiger partial charge >= 0.3 is 0 Å². The molecule has 1 unspecified atom stereocenters. The predicted octanol–water partition coefficient (Wildman–Crippen LogP) is -0.0848. The zero-order valence-corrected chi connectivity index (χ0v) is 9.86. The zero-order chi connectivity index (χ0) is 12.4. The van der Waals surface area contributed by atoms with Gasteiger partial charge in [-0.1, -0.05) is 0 Å². The summed E-state index contributed by atoms with van der Waals surface area (Å²) in [6.07, 6.45) is 0. The van der Waals surface area contributed by atoms with Gasteiger partial charge in [-0.05, 0) is 12.1 Å². The number of amides is 1. The number of rotatable bonds is 2. The fraction of sp³-hybridized carbons (Fsp3) is 0.417. The van der Waals surface area contributed by atoms with Crippen LogP contribution in [0.1, 0.15) is 0 Å². The topological polar surface area (TPSA) is 71.6 Å². The largest absolute Gasteiger partial charge is 0.454 e. The van der Waals surface area contributed by atoms with E-state index in [0.29, 0.717) is 18.0 Å². The van der Waals surface area contributed by atoms with Crippen LogP contribution in [0.5, 0.6) is 11.5 Å². The fourth-order valence-corrected chi connectivity index (χ4v) is 2.04. The first-order chi connectivity index (χ1) is 8.83. The van der Waals surface area contributed by atoms with Crippen molar-refractivity contribution in [1.29, 1.82) is 0 Å². The van der Waals surface area contributed by atoms with Gasteiger partial charge in [0.2, 0.25) is 12.7 Å². The lowest BCUT2D eigenvalue weighted by atomic mass is 10.2. The number of fused-ring (bicyclic) bond motifs is 1. The van der Waals surface area contributed by atoms with Gasteiger partial charge in [-0.3, -0.25) is 4.79 Å². The minimum atomic E-state index is -0.191. The van der Waals surface area contributed by atoms with Crippen molar-refractivity contribution in [3.63, 3.8) is 0 Å². The average molecular weight is 249 g/mol. The van der Waals surface area contributed by atoms with Crippen LogP contribution in [0.25, 0.3) is 0 Å². The molecule has 2 aliphatic heterocycles. The van der Waals surface area contributed by atoms with E-state index in [-0.39, 0.29) is 18.7 Å². The highest BCUT2D eigenvalue weighted by Crippen LogP contribution is 2.34. The van der Waals surface area contributed by atoms with E-state index < -0.39 is 0 Å². The summed E-state index contributed by atoms with van der Waals surface area (Å²) >= 11 is 0. The zero-order valence-electron chi connectivity index (χ0n) is 9.86. The summed E-state index contributed by atoms with van der Waals surface area (Å²) in [4.78, 5) is 12.0. The molecule has 0 bridgehead atoms. The highest BCUT2D eigenvalue weighted by molar-refractivity contribution is 5.95. The molecule has 0 radical (unpaired) electrons. The van der Waals surface area contributed by atoms with Crippen molar-refractivity contribution >= 4 is 11.6 Å². The van der Waals surface area contributed by atoms with E-state index in [0.717, 1.165) is 18.8 Å². The second-order valence-electron chi connectivity index (χ2n) is 4.27. The van der Waals surface area contributed by atoms with Gasteiger partial charge in [-0.15, -0.1) is 0 Å². The van der Waals surface area contributed by atoms with Gasteiger partial charge in [-0.2, -0.15) is 0 Å². The van der Waals surface area contributed by atoms with Gasteiger partial charge in [-0.25, -0.2) is 0 Å². The summed E-state index contributed by atoms with van der Waals surface area (Å²) in [5.41, 5.74) is 0.719. The molecule has 1 atom stereocenters. The number of ether oxygens (including phenoxy) is 2. The maximum Gasteiger partial charge on any atom is 0.242 e. The number of carbonyl (C=O) groups excluding carboxylic acids is 1. The smallest absolute Gasteiger partial charge is 0.242 e. The Kier molecular flexibility index (Phi) is 3.04. The van der Waals surface area contributed by atoms with Crippen LogP contribution in [0.2, 0.25) is 0 Å². The molecule has 3 rings (SSSR count). The molecule has 6 heteroatoms. The third-order valence-electron chi connectivity index (χ3n) is 3.00. The minimum absolute atomic E-state index is 0.0407. The van der Waals surface area contributed by atoms with Gasteiger partial charge in [0.15, 0.2) is 11.5 Å². The van der Waals surface area contributed by atoms with Crippen molar-refractivity contribution in [2.45, 2.75) is 6.04 Å². The van der Waals surface area contributed by atoms with Crippen LogP contribution < -0.4 is 25.4 Å². The number of anilines is 1. The lowest BCUT2D eigenvalue weighted by Crippen LogP contribution is -2.54. The maximum atomic E-state index is 12.0. The van der Waals surface area contributed by atoms with Gasteiger partial charge in [0.25, 0.3) is 0 Å². The van der Waals surface area contributed by atoms with Crippen LogP contribution in [0, 0.1) is 0 Å². The van der Waals surface area contributed by atoms with E-state index >= 15 is 0 Å². The third-order valence-corrected chi connectivity index (χ3v) is 3.00. The molecule has 18 heavy (non-hydrogen) atoms. The SMILES string of the molecule is O=C(Nc1ccc2c(c1)OCO2)C1CNCCN1. The number of carbonyl (C=O) groups is 1. The van der Waals surface area contributed by atoms with Crippen molar-refractivity contribution in [2.24, 2.45) is 0 Å². The van der Waals surface area contributed by atoms with E-state index in [1.54, 1.807) is 12.1 Å². The minimum Gasteiger partial charge on any atom is -0.454 e. The van der Waals surface area contributed by atoms with E-state index in [1.807, 2.05) is 6.07 Å². The molecule has 6 nitrogen and oxygen atoms in total. The van der Waals surface area contributed by atoms with Crippen molar-refractivity contribution in [3.05, 3.63) is 18.2 Å². The number of piperazine rings is 1. The molecule has 0 saturated carbocycles. The Morgan fingerprint density at radius 1 is 1.28 bits per heavy atom. The second-order valence-corrected chi connectivity index (χ2v) is 4.27. The van der Waals surface area contributed by atoms with Crippen LogP contribution >= 0.6 is 0 Å². The summed E-state index contributed by atoms with van der Waals surface area (Å²) < 4.78 is 10.5. The Hall–Kier alpha value is -1.79. The summed E-state index contributed by atoms with van der Waals surface area (Å²) in [5.74, 6) is 1.34. The Balaban J connectivity index is 1.66. The molecule has 1 aromatic carbocycles. The number of hydrogen-bond acceptors (Lipinski definition) is 5. The number of nitrogens with one attached hydrogen (secondary N) is 3. The van der Waals surface area contributed by atoms with Crippen molar-refractivity contribution < 1.29 is 14.3 Å². The first-order valence-corrected chi connectivity index (χ1v) is 5.97. The average Bonchev–Trinajstić information content (AvgIpc) is 2.87. The molecule has 2 aliphatic rings. The monoisotopic (exact) mass is 249 g/mol. The first kappa shape index (κ1) is 11.3. The maximum absolute atomic E-state index is 12.0. The van der Waals surface area contributed by atoms with Crippen LogP contribution in [-0.2, 0) is 4.79 Å². The summed E-state index contributed by atoms with van der Waals surface area (Å²) in [7, 11) is 0. The van der Waals surface area contributed by atoms with Gasteiger partial charge in [0.05, 0.1) is 6.04 Å². The van der Waals surface area contributed by atoms with Crippen molar-refractivity contribution in [3.8, 4) is 11.5 Å². The molecule has 0 spiro atoms. The van der Waals surface area contributed by atoms with E-state index in [1.165, 1.54) is 0 Å².